The Morgan fingerprint density at radius 2 is 2.28 bits per heavy atom. The summed E-state index contributed by atoms with van der Waals surface area (Å²) in [5.74, 6) is 0. The van der Waals surface area contributed by atoms with Gasteiger partial charge >= 0.3 is 0 Å². The van der Waals surface area contributed by atoms with Gasteiger partial charge in [-0.15, -0.1) is 12.4 Å². The summed E-state index contributed by atoms with van der Waals surface area (Å²) in [5.41, 5.74) is 3.14. The zero-order chi connectivity index (χ0) is 11.9. The number of aromatic nitrogens is 2. The first kappa shape index (κ1) is 13.8. The summed E-state index contributed by atoms with van der Waals surface area (Å²) in [6.07, 6.45) is 4.88. The highest BCUT2D eigenvalue weighted by Gasteiger charge is 2.40. The quantitative estimate of drug-likeness (QED) is 0.880. The molecular weight excluding hydrogens is 248 g/mol. The standard InChI is InChI=1S/C13H22N4.ClH/c1-11-12(7-16(2)15-11)8-17-6-4-13(10-17)3-5-14-9-13;/h7,14H,3-6,8-10H2,1-2H3;1H. The van der Waals surface area contributed by atoms with E-state index in [2.05, 4.69) is 28.4 Å². The molecule has 2 aliphatic heterocycles. The highest BCUT2D eigenvalue weighted by atomic mass is 35.5. The van der Waals surface area contributed by atoms with Gasteiger partial charge in [0.2, 0.25) is 0 Å². The van der Waals surface area contributed by atoms with Crippen LogP contribution in [0.5, 0.6) is 0 Å². The highest BCUT2D eigenvalue weighted by molar-refractivity contribution is 5.85. The van der Waals surface area contributed by atoms with E-state index in [0.717, 1.165) is 6.54 Å². The Labute approximate surface area is 115 Å². The lowest BCUT2D eigenvalue weighted by molar-refractivity contribution is 0.268. The molecule has 0 radical (unpaired) electrons. The maximum Gasteiger partial charge on any atom is 0.0638 e. The average Bonchev–Trinajstić information content (AvgIpc) is 2.95. The second kappa shape index (κ2) is 5.19. The van der Waals surface area contributed by atoms with Crippen molar-refractivity contribution in [1.29, 1.82) is 0 Å². The molecule has 102 valence electrons. The van der Waals surface area contributed by atoms with Gasteiger partial charge in [-0.25, -0.2) is 0 Å². The van der Waals surface area contributed by atoms with Crippen molar-refractivity contribution in [2.24, 2.45) is 12.5 Å². The molecule has 1 spiro atoms. The lowest BCUT2D eigenvalue weighted by Gasteiger charge is -2.22. The van der Waals surface area contributed by atoms with Crippen molar-refractivity contribution in [1.82, 2.24) is 20.0 Å². The van der Waals surface area contributed by atoms with Crippen LogP contribution in [-0.2, 0) is 13.6 Å². The molecule has 2 aliphatic rings. The smallest absolute Gasteiger partial charge is 0.0638 e. The van der Waals surface area contributed by atoms with Gasteiger partial charge in [-0.1, -0.05) is 0 Å². The molecule has 2 saturated heterocycles. The number of nitrogens with zero attached hydrogens (tertiary/aromatic N) is 3. The molecule has 0 bridgehead atoms. The molecule has 1 N–H and O–H groups in total. The van der Waals surface area contributed by atoms with E-state index in [4.69, 9.17) is 0 Å². The SMILES string of the molecule is Cc1nn(C)cc1CN1CCC2(CCNC2)C1.Cl. The Hall–Kier alpha value is -0.580. The van der Waals surface area contributed by atoms with Gasteiger partial charge in [0.05, 0.1) is 5.69 Å². The maximum atomic E-state index is 4.42. The van der Waals surface area contributed by atoms with Gasteiger partial charge in [0, 0.05) is 38.4 Å². The minimum atomic E-state index is 0. The summed E-state index contributed by atoms with van der Waals surface area (Å²) in [6.45, 7) is 8.11. The molecule has 1 aromatic heterocycles. The molecule has 2 fully saturated rings. The van der Waals surface area contributed by atoms with Crippen molar-refractivity contribution in [3.05, 3.63) is 17.5 Å². The van der Waals surface area contributed by atoms with Crippen LogP contribution >= 0.6 is 12.4 Å². The zero-order valence-corrected chi connectivity index (χ0v) is 12.1. The topological polar surface area (TPSA) is 33.1 Å². The zero-order valence-electron chi connectivity index (χ0n) is 11.3. The fourth-order valence-corrected chi connectivity index (χ4v) is 3.35. The Morgan fingerprint density at radius 3 is 2.89 bits per heavy atom. The summed E-state index contributed by atoms with van der Waals surface area (Å²) >= 11 is 0. The van der Waals surface area contributed by atoms with Crippen LogP contribution in [0.2, 0.25) is 0 Å². The van der Waals surface area contributed by atoms with E-state index in [1.165, 1.54) is 50.3 Å². The fourth-order valence-electron chi connectivity index (χ4n) is 3.35. The van der Waals surface area contributed by atoms with Gasteiger partial charge < -0.3 is 5.32 Å². The molecule has 1 aromatic rings. The predicted molar refractivity (Wildman–Crippen MR) is 75.0 cm³/mol. The van der Waals surface area contributed by atoms with Crippen LogP contribution in [0.3, 0.4) is 0 Å². The first-order valence-corrected chi connectivity index (χ1v) is 6.59. The third kappa shape index (κ3) is 2.56. The van der Waals surface area contributed by atoms with Crippen molar-refractivity contribution >= 4 is 12.4 Å². The van der Waals surface area contributed by atoms with Crippen molar-refractivity contribution < 1.29 is 0 Å². The van der Waals surface area contributed by atoms with Crippen LogP contribution in [-0.4, -0.2) is 40.9 Å². The van der Waals surface area contributed by atoms with Gasteiger partial charge in [-0.05, 0) is 38.3 Å². The largest absolute Gasteiger partial charge is 0.316 e. The molecule has 3 heterocycles. The van der Waals surface area contributed by atoms with E-state index in [0.29, 0.717) is 5.41 Å². The van der Waals surface area contributed by atoms with Gasteiger partial charge in [-0.2, -0.15) is 5.10 Å². The summed E-state index contributed by atoms with van der Waals surface area (Å²) in [4.78, 5) is 2.59. The number of likely N-dealkylation sites (tertiary alicyclic amines) is 1. The van der Waals surface area contributed by atoms with E-state index < -0.39 is 0 Å². The second-order valence-corrected chi connectivity index (χ2v) is 5.80. The van der Waals surface area contributed by atoms with Gasteiger partial charge in [-0.3, -0.25) is 9.58 Å². The highest BCUT2D eigenvalue weighted by Crippen LogP contribution is 2.36. The normalized spacial score (nSPS) is 27.9. The number of hydrogen-bond donors (Lipinski definition) is 1. The number of halogens is 1. The number of hydrogen-bond acceptors (Lipinski definition) is 3. The van der Waals surface area contributed by atoms with Crippen LogP contribution in [0, 0.1) is 12.3 Å². The molecular formula is C13H23ClN4. The van der Waals surface area contributed by atoms with Crippen molar-refractivity contribution in [3.63, 3.8) is 0 Å². The minimum absolute atomic E-state index is 0. The summed E-state index contributed by atoms with van der Waals surface area (Å²) in [7, 11) is 2.00. The van der Waals surface area contributed by atoms with E-state index in [1.54, 1.807) is 0 Å². The Bertz CT molecular complexity index is 409. The maximum absolute atomic E-state index is 4.42. The van der Waals surface area contributed by atoms with E-state index in [9.17, 15) is 0 Å². The van der Waals surface area contributed by atoms with Crippen LogP contribution in [0.4, 0.5) is 0 Å². The van der Waals surface area contributed by atoms with Gasteiger partial charge in [0.25, 0.3) is 0 Å². The molecule has 5 heteroatoms. The first-order chi connectivity index (χ1) is 8.17. The second-order valence-electron chi connectivity index (χ2n) is 5.80. The van der Waals surface area contributed by atoms with E-state index in [1.807, 2.05) is 11.7 Å². The van der Waals surface area contributed by atoms with Crippen molar-refractivity contribution in [2.45, 2.75) is 26.3 Å². The van der Waals surface area contributed by atoms with E-state index >= 15 is 0 Å². The number of aryl methyl sites for hydroxylation is 2. The molecule has 3 rings (SSSR count). The monoisotopic (exact) mass is 270 g/mol. The average molecular weight is 271 g/mol. The molecule has 1 unspecified atom stereocenters. The number of rotatable bonds is 2. The minimum Gasteiger partial charge on any atom is -0.316 e. The van der Waals surface area contributed by atoms with Crippen LogP contribution in [0.25, 0.3) is 0 Å². The van der Waals surface area contributed by atoms with Crippen LogP contribution in [0.1, 0.15) is 24.1 Å². The van der Waals surface area contributed by atoms with E-state index in [-0.39, 0.29) is 12.4 Å². The molecule has 0 saturated carbocycles. The molecule has 0 amide bonds. The molecule has 0 aromatic carbocycles. The molecule has 4 nitrogen and oxygen atoms in total. The summed E-state index contributed by atoms with van der Waals surface area (Å²) in [6, 6.07) is 0. The Morgan fingerprint density at radius 1 is 1.44 bits per heavy atom. The van der Waals surface area contributed by atoms with Gasteiger partial charge in [0.1, 0.15) is 0 Å². The fraction of sp³-hybridized carbons (Fsp3) is 0.769. The summed E-state index contributed by atoms with van der Waals surface area (Å²) in [5, 5.41) is 7.93. The predicted octanol–water partition coefficient (Wildman–Crippen LogP) is 1.34. The van der Waals surface area contributed by atoms with Crippen LogP contribution < -0.4 is 5.32 Å². The van der Waals surface area contributed by atoms with Crippen molar-refractivity contribution in [2.75, 3.05) is 26.2 Å². The number of nitrogens with one attached hydrogen (secondary N) is 1. The Balaban J connectivity index is 0.00000120. The lowest BCUT2D eigenvalue weighted by Crippen LogP contribution is -2.29. The first-order valence-electron chi connectivity index (χ1n) is 6.59. The summed E-state index contributed by atoms with van der Waals surface area (Å²) < 4.78 is 1.92. The van der Waals surface area contributed by atoms with Crippen molar-refractivity contribution in [3.8, 4) is 0 Å². The van der Waals surface area contributed by atoms with Gasteiger partial charge in [0.15, 0.2) is 0 Å². The lowest BCUT2D eigenvalue weighted by atomic mass is 9.87. The molecule has 1 atom stereocenters. The molecule has 18 heavy (non-hydrogen) atoms. The third-order valence-electron chi connectivity index (χ3n) is 4.36. The third-order valence-corrected chi connectivity index (χ3v) is 4.36. The Kier molecular flexibility index (Phi) is 3.99. The van der Waals surface area contributed by atoms with Crippen LogP contribution in [0.15, 0.2) is 6.20 Å². The molecule has 0 aliphatic carbocycles.